The fourth-order valence-electron chi connectivity index (χ4n) is 3.49. The Kier molecular flexibility index (Phi) is 5.80. The molecule has 0 bridgehead atoms. The van der Waals surface area contributed by atoms with Crippen molar-refractivity contribution in [2.24, 2.45) is 0 Å². The average Bonchev–Trinajstić information content (AvgIpc) is 3.20. The lowest BCUT2D eigenvalue weighted by atomic mass is 10.0. The number of hydrogen-bond donors (Lipinski definition) is 1. The number of hydrogen-bond acceptors (Lipinski definition) is 5. The third-order valence-electron chi connectivity index (χ3n) is 5.10. The van der Waals surface area contributed by atoms with Crippen LogP contribution >= 0.6 is 0 Å². The number of anilines is 1. The van der Waals surface area contributed by atoms with Crippen molar-refractivity contribution in [1.82, 2.24) is 0 Å². The van der Waals surface area contributed by atoms with Gasteiger partial charge in [-0.3, -0.25) is 4.79 Å². The quantitative estimate of drug-likeness (QED) is 0.441. The maximum atomic E-state index is 12.7. The molecule has 0 saturated carbocycles. The second-order valence-electron chi connectivity index (χ2n) is 6.99. The van der Waals surface area contributed by atoms with Crippen molar-refractivity contribution in [1.29, 1.82) is 0 Å². The van der Waals surface area contributed by atoms with Gasteiger partial charge < -0.3 is 23.9 Å². The molecular formula is C25H23NO5. The Hall–Kier alpha value is -3.93. The third-order valence-corrected chi connectivity index (χ3v) is 5.10. The summed E-state index contributed by atoms with van der Waals surface area (Å²) in [4.78, 5) is 12.7. The fraction of sp³-hybridized carbons (Fsp3) is 0.160. The lowest BCUT2D eigenvalue weighted by Gasteiger charge is -2.12. The van der Waals surface area contributed by atoms with E-state index in [1.807, 2.05) is 54.6 Å². The molecule has 0 aliphatic heterocycles. The maximum absolute atomic E-state index is 12.7. The summed E-state index contributed by atoms with van der Waals surface area (Å²) in [6, 6.07) is 18.8. The van der Waals surface area contributed by atoms with Gasteiger partial charge in [0.2, 0.25) is 5.91 Å². The number of ether oxygens (including phenoxy) is 3. The molecule has 0 fully saturated rings. The van der Waals surface area contributed by atoms with Gasteiger partial charge in [-0.05, 0) is 48.0 Å². The van der Waals surface area contributed by atoms with Crippen molar-refractivity contribution >= 4 is 22.6 Å². The van der Waals surface area contributed by atoms with Crippen LogP contribution in [0.15, 0.2) is 71.3 Å². The molecule has 31 heavy (non-hydrogen) atoms. The fourth-order valence-corrected chi connectivity index (χ4v) is 3.49. The largest absolute Gasteiger partial charge is 0.497 e. The number of carbonyl (C=O) groups excluding carboxylic acids is 1. The number of amides is 1. The predicted molar refractivity (Wildman–Crippen MR) is 120 cm³/mol. The second-order valence-corrected chi connectivity index (χ2v) is 6.99. The molecule has 1 aromatic heterocycles. The Morgan fingerprint density at radius 3 is 2.32 bits per heavy atom. The smallest absolute Gasteiger partial charge is 0.228 e. The molecule has 6 nitrogen and oxygen atoms in total. The highest BCUT2D eigenvalue weighted by Crippen LogP contribution is 2.33. The van der Waals surface area contributed by atoms with Crippen molar-refractivity contribution in [2.45, 2.75) is 6.42 Å². The average molecular weight is 417 g/mol. The normalized spacial score (nSPS) is 10.7. The molecule has 0 spiro atoms. The van der Waals surface area contributed by atoms with Gasteiger partial charge in [0.05, 0.1) is 34.0 Å². The molecule has 158 valence electrons. The van der Waals surface area contributed by atoms with Gasteiger partial charge in [0.25, 0.3) is 0 Å². The summed E-state index contributed by atoms with van der Waals surface area (Å²) in [5.41, 5.74) is 4.03. The van der Waals surface area contributed by atoms with Crippen molar-refractivity contribution in [3.05, 3.63) is 72.5 Å². The van der Waals surface area contributed by atoms with E-state index in [0.717, 1.165) is 33.6 Å². The van der Waals surface area contributed by atoms with Gasteiger partial charge in [0.1, 0.15) is 22.8 Å². The molecule has 1 amide bonds. The SMILES string of the molecule is COc1ccc(-c2cc(NC(=O)Cc3coc4cc(OC)ccc34)ccc2OC)cc1. The number of benzene rings is 3. The Morgan fingerprint density at radius 2 is 1.61 bits per heavy atom. The van der Waals surface area contributed by atoms with Crippen LogP contribution in [0.4, 0.5) is 5.69 Å². The highest BCUT2D eigenvalue weighted by molar-refractivity contribution is 5.96. The van der Waals surface area contributed by atoms with E-state index in [4.69, 9.17) is 18.6 Å². The Labute approximate surface area is 180 Å². The van der Waals surface area contributed by atoms with E-state index in [1.165, 1.54) is 0 Å². The van der Waals surface area contributed by atoms with E-state index in [-0.39, 0.29) is 12.3 Å². The molecule has 0 radical (unpaired) electrons. The standard InChI is InChI=1S/C25H23NO5/c1-28-19-7-4-16(5-8-19)22-13-18(6-11-23(22)30-3)26-25(27)12-17-15-31-24-14-20(29-2)9-10-21(17)24/h4-11,13-15H,12H2,1-3H3,(H,26,27). The molecule has 0 atom stereocenters. The van der Waals surface area contributed by atoms with Crippen molar-refractivity contribution < 1.29 is 23.4 Å². The molecule has 0 saturated heterocycles. The van der Waals surface area contributed by atoms with Crippen LogP contribution in [0.1, 0.15) is 5.56 Å². The highest BCUT2D eigenvalue weighted by atomic mass is 16.5. The first-order valence-electron chi connectivity index (χ1n) is 9.77. The van der Waals surface area contributed by atoms with Crippen molar-refractivity contribution in [3.8, 4) is 28.4 Å². The minimum Gasteiger partial charge on any atom is -0.497 e. The minimum atomic E-state index is -0.135. The van der Waals surface area contributed by atoms with Gasteiger partial charge in [0.15, 0.2) is 0 Å². The lowest BCUT2D eigenvalue weighted by Crippen LogP contribution is -2.14. The van der Waals surface area contributed by atoms with Crippen LogP contribution in [0, 0.1) is 0 Å². The predicted octanol–water partition coefficient (Wildman–Crippen LogP) is 5.31. The number of methoxy groups -OCH3 is 3. The Morgan fingerprint density at radius 1 is 0.871 bits per heavy atom. The van der Waals surface area contributed by atoms with Crippen LogP contribution in [-0.4, -0.2) is 27.2 Å². The molecule has 6 heteroatoms. The number of carbonyl (C=O) groups is 1. The summed E-state index contributed by atoms with van der Waals surface area (Å²) < 4.78 is 21.5. The summed E-state index contributed by atoms with van der Waals surface area (Å²) in [5, 5.41) is 3.86. The molecule has 4 rings (SSSR count). The van der Waals surface area contributed by atoms with Crippen LogP contribution < -0.4 is 19.5 Å². The molecule has 0 aliphatic rings. The molecule has 4 aromatic rings. The second kappa shape index (κ2) is 8.83. The first-order valence-corrected chi connectivity index (χ1v) is 9.77. The molecule has 0 unspecified atom stereocenters. The monoisotopic (exact) mass is 417 g/mol. The van der Waals surface area contributed by atoms with Gasteiger partial charge in [-0.1, -0.05) is 12.1 Å². The van der Waals surface area contributed by atoms with Crippen molar-refractivity contribution in [2.75, 3.05) is 26.6 Å². The molecular weight excluding hydrogens is 394 g/mol. The highest BCUT2D eigenvalue weighted by Gasteiger charge is 2.13. The zero-order chi connectivity index (χ0) is 21.8. The van der Waals surface area contributed by atoms with Gasteiger partial charge in [0, 0.05) is 28.3 Å². The first kappa shape index (κ1) is 20.3. The Bertz CT molecular complexity index is 1210. The van der Waals surface area contributed by atoms with Crippen LogP contribution in [0.5, 0.6) is 17.2 Å². The number of furan rings is 1. The van der Waals surface area contributed by atoms with Gasteiger partial charge >= 0.3 is 0 Å². The van der Waals surface area contributed by atoms with Gasteiger partial charge in [-0.25, -0.2) is 0 Å². The lowest BCUT2D eigenvalue weighted by molar-refractivity contribution is -0.115. The van der Waals surface area contributed by atoms with Crippen LogP contribution in [0.2, 0.25) is 0 Å². The molecule has 3 aromatic carbocycles. The van der Waals surface area contributed by atoms with Crippen LogP contribution in [-0.2, 0) is 11.2 Å². The molecule has 0 aliphatic carbocycles. The van der Waals surface area contributed by atoms with Crippen LogP contribution in [0.3, 0.4) is 0 Å². The van der Waals surface area contributed by atoms with E-state index in [0.29, 0.717) is 17.0 Å². The third kappa shape index (κ3) is 4.33. The zero-order valence-corrected chi connectivity index (χ0v) is 17.6. The summed E-state index contributed by atoms with van der Waals surface area (Å²) in [5.74, 6) is 2.07. The zero-order valence-electron chi connectivity index (χ0n) is 17.6. The minimum absolute atomic E-state index is 0.135. The number of fused-ring (bicyclic) bond motifs is 1. The number of rotatable bonds is 7. The first-order chi connectivity index (χ1) is 15.1. The topological polar surface area (TPSA) is 69.9 Å². The van der Waals surface area contributed by atoms with Gasteiger partial charge in [-0.2, -0.15) is 0 Å². The Balaban J connectivity index is 1.54. The summed E-state index contributed by atoms with van der Waals surface area (Å²) in [7, 11) is 4.86. The summed E-state index contributed by atoms with van der Waals surface area (Å²) >= 11 is 0. The number of nitrogens with one attached hydrogen (secondary N) is 1. The van der Waals surface area contributed by atoms with E-state index in [9.17, 15) is 4.79 Å². The van der Waals surface area contributed by atoms with E-state index in [1.54, 1.807) is 33.7 Å². The van der Waals surface area contributed by atoms with Crippen LogP contribution in [0.25, 0.3) is 22.1 Å². The molecule has 1 N–H and O–H groups in total. The van der Waals surface area contributed by atoms with E-state index < -0.39 is 0 Å². The summed E-state index contributed by atoms with van der Waals surface area (Å²) in [6.07, 6.45) is 1.81. The van der Waals surface area contributed by atoms with E-state index >= 15 is 0 Å². The van der Waals surface area contributed by atoms with Crippen molar-refractivity contribution in [3.63, 3.8) is 0 Å². The maximum Gasteiger partial charge on any atom is 0.228 e. The summed E-state index contributed by atoms with van der Waals surface area (Å²) in [6.45, 7) is 0. The molecule has 1 heterocycles. The van der Waals surface area contributed by atoms with Gasteiger partial charge in [-0.15, -0.1) is 0 Å². The van der Waals surface area contributed by atoms with E-state index in [2.05, 4.69) is 5.32 Å².